The Bertz CT molecular complexity index is 369. The van der Waals surface area contributed by atoms with Gasteiger partial charge in [-0.05, 0) is 5.56 Å². The zero-order valence-corrected chi connectivity index (χ0v) is 10.7. The fourth-order valence-electron chi connectivity index (χ4n) is 1.62. The molecule has 0 radical (unpaired) electrons. The molecular formula is C12H12F6S. The van der Waals surface area contributed by atoms with Crippen molar-refractivity contribution in [2.45, 2.75) is 30.3 Å². The third-order valence-corrected chi connectivity index (χ3v) is 3.83. The van der Waals surface area contributed by atoms with Gasteiger partial charge in [-0.25, -0.2) is 0 Å². The summed E-state index contributed by atoms with van der Waals surface area (Å²) in [6.45, 7) is 0.958. The lowest BCUT2D eigenvalue weighted by Gasteiger charge is -2.27. The minimum Gasteiger partial charge on any atom is -0.170 e. The lowest BCUT2D eigenvalue weighted by molar-refractivity contribution is -0.282. The van der Waals surface area contributed by atoms with E-state index >= 15 is 0 Å². The first-order valence-corrected chi connectivity index (χ1v) is 6.46. The lowest BCUT2D eigenvalue weighted by atomic mass is 10.1. The Kier molecular flexibility index (Phi) is 5.18. The summed E-state index contributed by atoms with van der Waals surface area (Å²) >= 11 is 0.651. The first-order chi connectivity index (χ1) is 8.62. The van der Waals surface area contributed by atoms with Gasteiger partial charge in [-0.2, -0.15) is 38.1 Å². The van der Waals surface area contributed by atoms with Gasteiger partial charge >= 0.3 is 12.4 Å². The molecule has 108 valence electrons. The molecule has 0 aliphatic rings. The quantitative estimate of drug-likeness (QED) is 0.701. The van der Waals surface area contributed by atoms with Gasteiger partial charge in [0, 0.05) is 11.0 Å². The molecule has 0 aliphatic carbocycles. The molecule has 0 bridgehead atoms. The standard InChI is InChI=1S/C12H12F6S/c1-8(10(11(13,14)15)12(16,17)18)19-7-9-5-3-2-4-6-9/h2-6,8,10H,7H2,1H3. The van der Waals surface area contributed by atoms with E-state index in [9.17, 15) is 26.3 Å². The van der Waals surface area contributed by atoms with Gasteiger partial charge in [-0.1, -0.05) is 37.3 Å². The second-order valence-corrected chi connectivity index (χ2v) is 5.43. The second-order valence-electron chi connectivity index (χ2n) is 4.06. The van der Waals surface area contributed by atoms with Gasteiger partial charge in [0.05, 0.1) is 0 Å². The third-order valence-electron chi connectivity index (χ3n) is 2.53. The van der Waals surface area contributed by atoms with E-state index in [4.69, 9.17) is 0 Å². The topological polar surface area (TPSA) is 0 Å². The van der Waals surface area contributed by atoms with Crippen LogP contribution in [-0.2, 0) is 5.75 Å². The molecule has 1 aromatic carbocycles. The summed E-state index contributed by atoms with van der Waals surface area (Å²) in [5, 5.41) is -1.58. The molecular weight excluding hydrogens is 290 g/mol. The Morgan fingerprint density at radius 1 is 0.947 bits per heavy atom. The number of benzene rings is 1. The van der Waals surface area contributed by atoms with Crippen molar-refractivity contribution in [3.8, 4) is 0 Å². The third kappa shape index (κ3) is 4.97. The predicted octanol–water partition coefficient (Wildman–Crippen LogP) is 5.05. The van der Waals surface area contributed by atoms with Gasteiger partial charge in [0.25, 0.3) is 0 Å². The Labute approximate surface area is 111 Å². The average Bonchev–Trinajstić information content (AvgIpc) is 2.24. The molecule has 1 atom stereocenters. The van der Waals surface area contributed by atoms with Crippen molar-refractivity contribution in [1.29, 1.82) is 0 Å². The second kappa shape index (κ2) is 6.07. The molecule has 0 nitrogen and oxygen atoms in total. The maximum absolute atomic E-state index is 12.5. The van der Waals surface area contributed by atoms with Crippen molar-refractivity contribution in [3.63, 3.8) is 0 Å². The van der Waals surface area contributed by atoms with Crippen LogP contribution in [0, 0.1) is 5.92 Å². The summed E-state index contributed by atoms with van der Waals surface area (Å²) in [5.41, 5.74) is 0.697. The zero-order valence-electron chi connectivity index (χ0n) is 9.92. The van der Waals surface area contributed by atoms with Crippen molar-refractivity contribution >= 4 is 11.8 Å². The summed E-state index contributed by atoms with van der Waals surface area (Å²) in [5.74, 6) is -3.18. The van der Waals surface area contributed by atoms with Gasteiger partial charge in [-0.15, -0.1) is 0 Å². The first kappa shape index (κ1) is 16.2. The van der Waals surface area contributed by atoms with E-state index in [0.717, 1.165) is 6.92 Å². The van der Waals surface area contributed by atoms with E-state index in [2.05, 4.69) is 0 Å². The van der Waals surface area contributed by atoms with Crippen LogP contribution < -0.4 is 0 Å². The highest BCUT2D eigenvalue weighted by atomic mass is 32.2. The summed E-state index contributed by atoms with van der Waals surface area (Å²) < 4.78 is 74.8. The molecule has 0 fully saturated rings. The van der Waals surface area contributed by atoms with Crippen molar-refractivity contribution < 1.29 is 26.3 Å². The summed E-state index contributed by atoms with van der Waals surface area (Å²) in [4.78, 5) is 0. The Morgan fingerprint density at radius 2 is 1.42 bits per heavy atom. The maximum atomic E-state index is 12.5. The number of halogens is 6. The van der Waals surface area contributed by atoms with Crippen LogP contribution in [0.2, 0.25) is 0 Å². The number of rotatable bonds is 4. The Morgan fingerprint density at radius 3 is 1.84 bits per heavy atom. The van der Waals surface area contributed by atoms with Gasteiger partial charge in [0.15, 0.2) is 5.92 Å². The smallest absolute Gasteiger partial charge is 0.170 e. The van der Waals surface area contributed by atoms with Crippen LogP contribution in [0.25, 0.3) is 0 Å². The molecule has 1 aromatic rings. The normalized spacial score (nSPS) is 14.7. The van der Waals surface area contributed by atoms with Crippen LogP contribution in [0.15, 0.2) is 30.3 Å². The van der Waals surface area contributed by atoms with E-state index in [1.807, 2.05) is 0 Å². The van der Waals surface area contributed by atoms with Crippen LogP contribution in [0.3, 0.4) is 0 Å². The largest absolute Gasteiger partial charge is 0.401 e. The molecule has 19 heavy (non-hydrogen) atoms. The monoisotopic (exact) mass is 302 g/mol. The Balaban J connectivity index is 2.71. The molecule has 1 rings (SSSR count). The van der Waals surface area contributed by atoms with E-state index < -0.39 is 23.5 Å². The van der Waals surface area contributed by atoms with Crippen LogP contribution >= 0.6 is 11.8 Å². The van der Waals surface area contributed by atoms with Crippen LogP contribution in [0.4, 0.5) is 26.3 Å². The van der Waals surface area contributed by atoms with Gasteiger partial charge in [-0.3, -0.25) is 0 Å². The molecule has 1 unspecified atom stereocenters. The average molecular weight is 302 g/mol. The summed E-state index contributed by atoms with van der Waals surface area (Å²) in [6.07, 6.45) is -10.6. The highest BCUT2D eigenvalue weighted by Gasteiger charge is 2.59. The highest BCUT2D eigenvalue weighted by Crippen LogP contribution is 2.45. The number of thioether (sulfide) groups is 1. The molecule has 0 heterocycles. The highest BCUT2D eigenvalue weighted by molar-refractivity contribution is 7.99. The fraction of sp³-hybridized carbons (Fsp3) is 0.500. The molecule has 0 amide bonds. The summed E-state index contributed by atoms with van der Waals surface area (Å²) in [6, 6.07) is 8.43. The van der Waals surface area contributed by atoms with Crippen LogP contribution in [-0.4, -0.2) is 17.6 Å². The van der Waals surface area contributed by atoms with Gasteiger partial charge in [0.2, 0.25) is 0 Å². The molecule has 7 heteroatoms. The van der Waals surface area contributed by atoms with Gasteiger partial charge in [0.1, 0.15) is 0 Å². The molecule has 0 aliphatic heterocycles. The van der Waals surface area contributed by atoms with Crippen molar-refractivity contribution in [3.05, 3.63) is 35.9 Å². The molecule has 0 aromatic heterocycles. The first-order valence-electron chi connectivity index (χ1n) is 5.41. The Hall–Kier alpha value is -0.850. The SMILES string of the molecule is CC(SCc1ccccc1)C(C(F)(F)F)C(F)(F)F. The minimum atomic E-state index is -5.28. The predicted molar refractivity (Wildman–Crippen MR) is 62.8 cm³/mol. The van der Waals surface area contributed by atoms with E-state index in [1.54, 1.807) is 30.3 Å². The van der Waals surface area contributed by atoms with E-state index in [1.165, 1.54) is 0 Å². The number of hydrogen-bond acceptors (Lipinski definition) is 1. The molecule has 0 saturated carbocycles. The molecule has 0 saturated heterocycles. The molecule has 0 spiro atoms. The van der Waals surface area contributed by atoms with Crippen molar-refractivity contribution in [2.24, 2.45) is 5.92 Å². The van der Waals surface area contributed by atoms with Gasteiger partial charge < -0.3 is 0 Å². The minimum absolute atomic E-state index is 0.116. The maximum Gasteiger partial charge on any atom is 0.401 e. The molecule has 0 N–H and O–H groups in total. The number of alkyl halides is 6. The summed E-state index contributed by atoms with van der Waals surface area (Å²) in [7, 11) is 0. The lowest BCUT2D eigenvalue weighted by Crippen LogP contribution is -2.42. The van der Waals surface area contributed by atoms with E-state index in [0.29, 0.717) is 17.3 Å². The fourth-order valence-corrected chi connectivity index (χ4v) is 2.76. The van der Waals surface area contributed by atoms with Crippen LogP contribution in [0.1, 0.15) is 12.5 Å². The van der Waals surface area contributed by atoms with Crippen molar-refractivity contribution in [1.82, 2.24) is 0 Å². The van der Waals surface area contributed by atoms with E-state index in [-0.39, 0.29) is 5.75 Å². The van der Waals surface area contributed by atoms with Crippen LogP contribution in [0.5, 0.6) is 0 Å². The van der Waals surface area contributed by atoms with Crippen molar-refractivity contribution in [2.75, 3.05) is 0 Å². The number of hydrogen-bond donors (Lipinski definition) is 0. The zero-order chi connectivity index (χ0) is 14.7.